The van der Waals surface area contributed by atoms with Gasteiger partial charge in [-0.3, -0.25) is 4.72 Å². The lowest BCUT2D eigenvalue weighted by atomic mass is 10.2. The molecule has 1 aromatic heterocycles. The van der Waals surface area contributed by atoms with Crippen LogP contribution in [0.25, 0.3) is 10.6 Å². The molecule has 0 aliphatic carbocycles. The van der Waals surface area contributed by atoms with E-state index in [4.69, 9.17) is 0 Å². The molecule has 0 unspecified atom stereocenters. The van der Waals surface area contributed by atoms with Gasteiger partial charge in [0, 0.05) is 5.56 Å². The van der Waals surface area contributed by atoms with E-state index in [1.54, 1.807) is 0 Å². The predicted octanol–water partition coefficient (Wildman–Crippen LogP) is 3.29. The van der Waals surface area contributed by atoms with Crippen LogP contribution in [0, 0.1) is 5.82 Å². The summed E-state index contributed by atoms with van der Waals surface area (Å²) in [5.41, 5.74) is 1.36. The zero-order valence-electron chi connectivity index (χ0n) is 11.8. The van der Waals surface area contributed by atoms with Crippen LogP contribution in [0.5, 0.6) is 0 Å². The van der Waals surface area contributed by atoms with Gasteiger partial charge in [0.15, 0.2) is 0 Å². The zero-order valence-corrected chi connectivity index (χ0v) is 13.4. The molecule has 1 N–H and O–H groups in total. The van der Waals surface area contributed by atoms with E-state index in [2.05, 4.69) is 14.9 Å². The summed E-state index contributed by atoms with van der Waals surface area (Å²) in [5, 5.41) is 8.66. The Morgan fingerprint density at radius 1 is 1.00 bits per heavy atom. The van der Waals surface area contributed by atoms with Crippen LogP contribution in [-0.2, 0) is 15.8 Å². The molecule has 0 saturated heterocycles. The fraction of sp³-hybridized carbons (Fsp3) is 0.0667. The van der Waals surface area contributed by atoms with Crippen LogP contribution in [0.1, 0.15) is 5.56 Å². The van der Waals surface area contributed by atoms with Gasteiger partial charge in [-0.1, -0.05) is 53.8 Å². The van der Waals surface area contributed by atoms with Crippen molar-refractivity contribution in [3.63, 3.8) is 0 Å². The maximum absolute atomic E-state index is 12.8. The maximum Gasteiger partial charge on any atom is 0.238 e. The summed E-state index contributed by atoms with van der Waals surface area (Å²) < 4.78 is 39.5. The summed E-state index contributed by atoms with van der Waals surface area (Å²) in [6.45, 7) is 0. The first-order valence-corrected chi connectivity index (χ1v) is 9.12. The van der Waals surface area contributed by atoms with E-state index in [1.165, 1.54) is 24.3 Å². The van der Waals surface area contributed by atoms with Crippen LogP contribution >= 0.6 is 11.3 Å². The number of anilines is 1. The molecule has 0 radical (unpaired) electrons. The minimum Gasteiger partial charge on any atom is -0.257 e. The Hall–Kier alpha value is -2.32. The van der Waals surface area contributed by atoms with Gasteiger partial charge in [0.2, 0.25) is 15.2 Å². The van der Waals surface area contributed by atoms with Crippen molar-refractivity contribution >= 4 is 26.5 Å². The standard InChI is InChI=1S/C15H12FN3O2S2/c16-13-8-6-11(7-9-13)10-23(20,21)19-15-18-17-14(22-15)12-4-2-1-3-5-12/h1-9H,10H2,(H,18,19). The van der Waals surface area contributed by atoms with Gasteiger partial charge >= 0.3 is 0 Å². The van der Waals surface area contributed by atoms with Gasteiger partial charge in [0.1, 0.15) is 10.8 Å². The van der Waals surface area contributed by atoms with Crippen molar-refractivity contribution in [2.24, 2.45) is 0 Å². The van der Waals surface area contributed by atoms with Crippen LogP contribution in [0.4, 0.5) is 9.52 Å². The summed E-state index contributed by atoms with van der Waals surface area (Å²) in [5.74, 6) is -0.663. The van der Waals surface area contributed by atoms with Crippen molar-refractivity contribution in [2.45, 2.75) is 5.75 Å². The zero-order chi connectivity index (χ0) is 16.3. The van der Waals surface area contributed by atoms with Gasteiger partial charge in [0.25, 0.3) is 0 Å². The first-order valence-electron chi connectivity index (χ1n) is 6.66. The number of hydrogen-bond donors (Lipinski definition) is 1. The maximum atomic E-state index is 12.8. The van der Waals surface area contributed by atoms with Crippen molar-refractivity contribution < 1.29 is 12.8 Å². The fourth-order valence-corrected chi connectivity index (χ4v) is 4.09. The molecule has 23 heavy (non-hydrogen) atoms. The molecule has 0 fully saturated rings. The van der Waals surface area contributed by atoms with E-state index in [-0.39, 0.29) is 10.9 Å². The monoisotopic (exact) mass is 349 g/mol. The number of rotatable bonds is 5. The Kier molecular flexibility index (Phi) is 4.35. The molecule has 0 aliphatic rings. The Bertz CT molecular complexity index is 894. The lowest BCUT2D eigenvalue weighted by molar-refractivity contribution is 0.599. The second kappa shape index (κ2) is 6.43. The second-order valence-electron chi connectivity index (χ2n) is 4.77. The summed E-state index contributed by atoms with van der Waals surface area (Å²) in [7, 11) is -3.63. The van der Waals surface area contributed by atoms with Crippen molar-refractivity contribution in [1.29, 1.82) is 0 Å². The number of halogens is 1. The Labute approximate surface area is 136 Å². The Morgan fingerprint density at radius 3 is 2.39 bits per heavy atom. The Morgan fingerprint density at radius 2 is 1.70 bits per heavy atom. The van der Waals surface area contributed by atoms with E-state index in [1.807, 2.05) is 30.3 Å². The minimum atomic E-state index is -3.63. The average Bonchev–Trinajstić information content (AvgIpc) is 2.98. The number of benzene rings is 2. The molecular formula is C15H12FN3O2S2. The molecule has 3 rings (SSSR count). The van der Waals surface area contributed by atoms with Crippen LogP contribution < -0.4 is 4.72 Å². The van der Waals surface area contributed by atoms with Crippen molar-refractivity contribution in [2.75, 3.05) is 4.72 Å². The molecule has 0 saturated carbocycles. The molecule has 118 valence electrons. The number of aromatic nitrogens is 2. The van der Waals surface area contributed by atoms with Gasteiger partial charge in [-0.15, -0.1) is 10.2 Å². The molecule has 0 aliphatic heterocycles. The van der Waals surface area contributed by atoms with Gasteiger partial charge in [-0.25, -0.2) is 12.8 Å². The van der Waals surface area contributed by atoms with Crippen LogP contribution in [-0.4, -0.2) is 18.6 Å². The predicted molar refractivity (Wildman–Crippen MR) is 88.0 cm³/mol. The van der Waals surface area contributed by atoms with Crippen molar-refractivity contribution in [3.05, 3.63) is 66.0 Å². The Balaban J connectivity index is 1.73. The number of nitrogens with zero attached hydrogens (tertiary/aromatic N) is 2. The third-order valence-electron chi connectivity index (χ3n) is 2.96. The van der Waals surface area contributed by atoms with E-state index in [0.29, 0.717) is 10.6 Å². The molecule has 0 amide bonds. The van der Waals surface area contributed by atoms with Gasteiger partial charge < -0.3 is 0 Å². The van der Waals surface area contributed by atoms with Crippen molar-refractivity contribution in [1.82, 2.24) is 10.2 Å². The highest BCUT2D eigenvalue weighted by atomic mass is 32.2. The van der Waals surface area contributed by atoms with E-state index >= 15 is 0 Å². The molecule has 3 aromatic rings. The second-order valence-corrected chi connectivity index (χ2v) is 7.47. The minimum absolute atomic E-state index is 0.200. The van der Waals surface area contributed by atoms with E-state index in [0.717, 1.165) is 16.9 Å². The lowest BCUT2D eigenvalue weighted by Gasteiger charge is -2.04. The highest BCUT2D eigenvalue weighted by Gasteiger charge is 2.15. The van der Waals surface area contributed by atoms with Crippen LogP contribution in [0.15, 0.2) is 54.6 Å². The molecule has 0 atom stereocenters. The third-order valence-corrected chi connectivity index (χ3v) is 5.19. The third kappa shape index (κ3) is 4.11. The topological polar surface area (TPSA) is 72.0 Å². The first-order chi connectivity index (χ1) is 11.0. The first kappa shape index (κ1) is 15.6. The number of hydrogen-bond acceptors (Lipinski definition) is 5. The summed E-state index contributed by atoms with van der Waals surface area (Å²) in [4.78, 5) is 0. The molecule has 2 aromatic carbocycles. The van der Waals surface area contributed by atoms with Crippen LogP contribution in [0.3, 0.4) is 0 Å². The smallest absolute Gasteiger partial charge is 0.238 e. The van der Waals surface area contributed by atoms with E-state index in [9.17, 15) is 12.8 Å². The number of nitrogens with one attached hydrogen (secondary N) is 1. The largest absolute Gasteiger partial charge is 0.257 e. The highest BCUT2D eigenvalue weighted by molar-refractivity contribution is 7.92. The van der Waals surface area contributed by atoms with E-state index < -0.39 is 15.8 Å². The van der Waals surface area contributed by atoms with Gasteiger partial charge in [0.05, 0.1) is 5.75 Å². The molecule has 8 heteroatoms. The molecule has 0 spiro atoms. The lowest BCUT2D eigenvalue weighted by Crippen LogP contribution is -2.14. The normalized spacial score (nSPS) is 11.3. The summed E-state index contributed by atoms with van der Waals surface area (Å²) in [6, 6.07) is 14.7. The summed E-state index contributed by atoms with van der Waals surface area (Å²) >= 11 is 1.15. The average molecular weight is 349 g/mol. The molecule has 0 bridgehead atoms. The fourth-order valence-electron chi connectivity index (χ4n) is 1.93. The summed E-state index contributed by atoms with van der Waals surface area (Å²) in [6.07, 6.45) is 0. The van der Waals surface area contributed by atoms with Gasteiger partial charge in [-0.2, -0.15) is 0 Å². The molecule has 1 heterocycles. The quantitative estimate of drug-likeness (QED) is 0.767. The van der Waals surface area contributed by atoms with Crippen LogP contribution in [0.2, 0.25) is 0 Å². The van der Waals surface area contributed by atoms with Crippen molar-refractivity contribution in [3.8, 4) is 10.6 Å². The molecular weight excluding hydrogens is 337 g/mol. The SMILES string of the molecule is O=S(=O)(Cc1ccc(F)cc1)Nc1nnc(-c2ccccc2)s1. The molecule has 5 nitrogen and oxygen atoms in total. The highest BCUT2D eigenvalue weighted by Crippen LogP contribution is 2.26. The number of sulfonamides is 1. The van der Waals surface area contributed by atoms with Gasteiger partial charge in [-0.05, 0) is 17.7 Å².